The van der Waals surface area contributed by atoms with E-state index in [1.807, 2.05) is 6.07 Å². The Labute approximate surface area is 113 Å². The van der Waals surface area contributed by atoms with Crippen LogP contribution in [0.2, 0.25) is 0 Å². The largest absolute Gasteiger partial charge is 0.453 e. The van der Waals surface area contributed by atoms with Gasteiger partial charge in [-0.25, -0.2) is 0 Å². The zero-order chi connectivity index (χ0) is 14.1. The van der Waals surface area contributed by atoms with Crippen molar-refractivity contribution < 1.29 is 14.1 Å². The molecule has 0 N–H and O–H groups in total. The number of rotatable bonds is 3. The van der Waals surface area contributed by atoms with E-state index in [2.05, 4.69) is 0 Å². The van der Waals surface area contributed by atoms with Crippen LogP contribution < -0.4 is 0 Å². The highest BCUT2D eigenvalue weighted by Crippen LogP contribution is 2.25. The first-order valence-corrected chi connectivity index (χ1v) is 5.93. The van der Waals surface area contributed by atoms with Crippen molar-refractivity contribution >= 4 is 22.4 Å². The summed E-state index contributed by atoms with van der Waals surface area (Å²) in [5.74, 6) is -0.0730. The van der Waals surface area contributed by atoms with E-state index < -0.39 is 4.92 Å². The molecule has 1 aromatic heterocycles. The molecule has 98 valence electrons. The average Bonchev–Trinajstić information content (AvgIpc) is 2.90. The molecule has 0 aliphatic heterocycles. The summed E-state index contributed by atoms with van der Waals surface area (Å²) in [5, 5.41) is 11.3. The van der Waals surface area contributed by atoms with Gasteiger partial charge in [0, 0.05) is 23.1 Å². The average molecular weight is 267 g/mol. The number of nitrogens with zero attached hydrogens (tertiary/aromatic N) is 1. The van der Waals surface area contributed by atoms with Crippen LogP contribution in [-0.4, -0.2) is 10.7 Å². The van der Waals surface area contributed by atoms with Gasteiger partial charge in [0.25, 0.3) is 5.69 Å². The van der Waals surface area contributed by atoms with Crippen LogP contribution >= 0.6 is 0 Å². The van der Waals surface area contributed by atoms with Gasteiger partial charge in [-0.2, -0.15) is 0 Å². The first-order chi connectivity index (χ1) is 9.65. The molecule has 1 heterocycles. The lowest BCUT2D eigenvalue weighted by atomic mass is 10.1. The number of hydrogen-bond donors (Lipinski definition) is 0. The summed E-state index contributed by atoms with van der Waals surface area (Å²) < 4.78 is 5.45. The lowest BCUT2D eigenvalue weighted by Gasteiger charge is -1.95. The number of hydrogen-bond acceptors (Lipinski definition) is 4. The molecule has 0 bridgehead atoms. The number of non-ortho nitro benzene ring substituents is 1. The summed E-state index contributed by atoms with van der Waals surface area (Å²) >= 11 is 0. The number of nitro groups is 1. The molecule has 5 nitrogen and oxygen atoms in total. The summed E-state index contributed by atoms with van der Waals surface area (Å²) in [6, 6.07) is 14.5. The van der Waals surface area contributed by atoms with Crippen molar-refractivity contribution in [2.24, 2.45) is 0 Å². The third-order valence-electron chi connectivity index (χ3n) is 2.97. The van der Waals surface area contributed by atoms with E-state index in [0.29, 0.717) is 16.5 Å². The second kappa shape index (κ2) is 4.62. The number of ketones is 1. The first-order valence-electron chi connectivity index (χ1n) is 5.93. The van der Waals surface area contributed by atoms with Gasteiger partial charge in [-0.05, 0) is 12.1 Å². The molecular formula is C15H9NO4. The van der Waals surface area contributed by atoms with E-state index in [1.165, 1.54) is 24.3 Å². The number of carbonyl (C=O) groups excluding carboxylic acids is 1. The summed E-state index contributed by atoms with van der Waals surface area (Å²) in [4.78, 5) is 22.4. The standard InChI is InChI=1S/C15H9NO4/c17-15(10-4-2-1-3-5-10)14-9-11-8-12(16(18)19)6-7-13(11)20-14/h1-9H. The van der Waals surface area contributed by atoms with E-state index in [4.69, 9.17) is 4.42 Å². The molecule has 0 atom stereocenters. The number of fused-ring (bicyclic) bond motifs is 1. The highest BCUT2D eigenvalue weighted by atomic mass is 16.6. The normalized spacial score (nSPS) is 10.6. The Morgan fingerprint density at radius 2 is 1.80 bits per heavy atom. The molecule has 0 aliphatic rings. The Morgan fingerprint density at radius 3 is 2.50 bits per heavy atom. The van der Waals surface area contributed by atoms with Gasteiger partial charge < -0.3 is 4.42 Å². The van der Waals surface area contributed by atoms with E-state index in [-0.39, 0.29) is 17.2 Å². The van der Waals surface area contributed by atoms with Gasteiger partial charge in [-0.15, -0.1) is 0 Å². The number of carbonyl (C=O) groups is 1. The van der Waals surface area contributed by atoms with Crippen molar-refractivity contribution in [1.29, 1.82) is 0 Å². The van der Waals surface area contributed by atoms with Gasteiger partial charge in [-0.1, -0.05) is 30.3 Å². The third kappa shape index (κ3) is 2.05. The summed E-state index contributed by atoms with van der Waals surface area (Å²) in [7, 11) is 0. The zero-order valence-electron chi connectivity index (χ0n) is 10.3. The van der Waals surface area contributed by atoms with Crippen LogP contribution in [0.1, 0.15) is 16.1 Å². The van der Waals surface area contributed by atoms with E-state index >= 15 is 0 Å². The molecule has 0 saturated carbocycles. The SMILES string of the molecule is O=C(c1ccccc1)c1cc2cc([N+](=O)[O-])ccc2o1. The molecule has 0 saturated heterocycles. The summed E-state index contributed by atoms with van der Waals surface area (Å²) in [5.41, 5.74) is 0.938. The van der Waals surface area contributed by atoms with E-state index in [9.17, 15) is 14.9 Å². The second-order valence-electron chi connectivity index (χ2n) is 4.29. The molecule has 0 aliphatic carbocycles. The van der Waals surface area contributed by atoms with Gasteiger partial charge in [0.2, 0.25) is 5.78 Å². The van der Waals surface area contributed by atoms with Crippen LogP contribution in [0.5, 0.6) is 0 Å². The topological polar surface area (TPSA) is 73.3 Å². The molecule has 3 rings (SSSR count). The molecule has 3 aromatic rings. The van der Waals surface area contributed by atoms with Crippen molar-refractivity contribution in [1.82, 2.24) is 0 Å². The minimum Gasteiger partial charge on any atom is -0.453 e. The molecule has 0 unspecified atom stereocenters. The Bertz CT molecular complexity index is 805. The maximum atomic E-state index is 12.2. The fourth-order valence-electron chi connectivity index (χ4n) is 1.99. The lowest BCUT2D eigenvalue weighted by Crippen LogP contribution is -1.98. The second-order valence-corrected chi connectivity index (χ2v) is 4.29. The van der Waals surface area contributed by atoms with Crippen LogP contribution in [0.15, 0.2) is 59.0 Å². The zero-order valence-corrected chi connectivity index (χ0v) is 10.3. The van der Waals surface area contributed by atoms with Crippen LogP contribution in [0.4, 0.5) is 5.69 Å². The quantitative estimate of drug-likeness (QED) is 0.413. The fourth-order valence-corrected chi connectivity index (χ4v) is 1.99. The minimum absolute atomic E-state index is 0.0305. The first kappa shape index (κ1) is 12.1. The molecule has 0 radical (unpaired) electrons. The molecule has 0 amide bonds. The maximum Gasteiger partial charge on any atom is 0.270 e. The Hall–Kier alpha value is -2.95. The van der Waals surface area contributed by atoms with Crippen molar-refractivity contribution in [3.63, 3.8) is 0 Å². The molecule has 2 aromatic carbocycles. The number of nitro benzene ring substituents is 1. The molecule has 0 fully saturated rings. The lowest BCUT2D eigenvalue weighted by molar-refractivity contribution is -0.384. The minimum atomic E-state index is -0.481. The monoisotopic (exact) mass is 267 g/mol. The molecule has 0 spiro atoms. The number of furan rings is 1. The summed E-state index contributed by atoms with van der Waals surface area (Å²) in [6.07, 6.45) is 0. The van der Waals surface area contributed by atoms with E-state index in [1.54, 1.807) is 24.3 Å². The van der Waals surface area contributed by atoms with Gasteiger partial charge in [0.05, 0.1) is 4.92 Å². The summed E-state index contributed by atoms with van der Waals surface area (Å²) in [6.45, 7) is 0. The van der Waals surface area contributed by atoms with Crippen molar-refractivity contribution in [3.05, 3.63) is 76.0 Å². The predicted molar refractivity (Wildman–Crippen MR) is 72.7 cm³/mol. The maximum absolute atomic E-state index is 12.2. The van der Waals surface area contributed by atoms with Crippen LogP contribution in [0.25, 0.3) is 11.0 Å². The van der Waals surface area contributed by atoms with Crippen LogP contribution in [-0.2, 0) is 0 Å². The predicted octanol–water partition coefficient (Wildman–Crippen LogP) is 3.57. The highest BCUT2D eigenvalue weighted by Gasteiger charge is 2.16. The number of benzene rings is 2. The Balaban J connectivity index is 2.05. The Morgan fingerprint density at radius 1 is 1.05 bits per heavy atom. The van der Waals surface area contributed by atoms with Crippen molar-refractivity contribution in [2.75, 3.05) is 0 Å². The highest BCUT2D eigenvalue weighted by molar-refractivity contribution is 6.09. The van der Waals surface area contributed by atoms with E-state index in [0.717, 1.165) is 0 Å². The van der Waals surface area contributed by atoms with Gasteiger partial charge in [0.1, 0.15) is 5.58 Å². The third-order valence-corrected chi connectivity index (χ3v) is 2.97. The smallest absolute Gasteiger partial charge is 0.270 e. The van der Waals surface area contributed by atoms with Gasteiger partial charge in [0.15, 0.2) is 5.76 Å². The molecule has 5 heteroatoms. The molecular weight excluding hydrogens is 258 g/mol. The van der Waals surface area contributed by atoms with Crippen LogP contribution in [0.3, 0.4) is 0 Å². The van der Waals surface area contributed by atoms with Crippen LogP contribution in [0, 0.1) is 10.1 Å². The van der Waals surface area contributed by atoms with Crippen molar-refractivity contribution in [3.8, 4) is 0 Å². The van der Waals surface area contributed by atoms with Gasteiger partial charge >= 0.3 is 0 Å². The molecule has 20 heavy (non-hydrogen) atoms. The van der Waals surface area contributed by atoms with Gasteiger partial charge in [-0.3, -0.25) is 14.9 Å². The fraction of sp³-hybridized carbons (Fsp3) is 0. The Kier molecular flexibility index (Phi) is 2.80. The van der Waals surface area contributed by atoms with Crippen molar-refractivity contribution in [2.45, 2.75) is 0 Å².